The van der Waals surface area contributed by atoms with Gasteiger partial charge in [-0.3, -0.25) is 10.1 Å². The van der Waals surface area contributed by atoms with Crippen molar-refractivity contribution in [3.63, 3.8) is 0 Å². The highest BCUT2D eigenvalue weighted by Gasteiger charge is 2.42. The van der Waals surface area contributed by atoms with Crippen molar-refractivity contribution in [1.82, 2.24) is 15.5 Å². The standard InChI is InChI=1S/C24H33N3O/c1-4-20-17(3)14-21-22(23(20)28)27(15-18-12-10-16(2)11-13-18)24(26-21)25-19-8-6-5-7-9-19/h10-13,19-20,24-26H,3-9,14-15H2,1-2H3. The van der Waals surface area contributed by atoms with Crippen LogP contribution in [0.2, 0.25) is 0 Å². The third-order valence-corrected chi connectivity index (χ3v) is 6.52. The van der Waals surface area contributed by atoms with Gasteiger partial charge < -0.3 is 10.2 Å². The normalized spacial score (nSPS) is 25.9. The third-order valence-electron chi connectivity index (χ3n) is 6.52. The third kappa shape index (κ3) is 3.75. The molecule has 0 aromatic heterocycles. The minimum Gasteiger partial charge on any atom is -0.354 e. The first-order chi connectivity index (χ1) is 13.6. The molecule has 2 unspecified atom stereocenters. The van der Waals surface area contributed by atoms with Gasteiger partial charge in [0.15, 0.2) is 12.1 Å². The first-order valence-corrected chi connectivity index (χ1v) is 10.9. The summed E-state index contributed by atoms with van der Waals surface area (Å²) in [5.41, 5.74) is 5.48. The molecule has 0 saturated heterocycles. The van der Waals surface area contributed by atoms with Gasteiger partial charge in [-0.25, -0.2) is 0 Å². The molecular formula is C24H33N3O. The minimum atomic E-state index is -0.0468. The van der Waals surface area contributed by atoms with Crippen LogP contribution in [0.3, 0.4) is 0 Å². The number of ketones is 1. The van der Waals surface area contributed by atoms with E-state index in [-0.39, 0.29) is 18.0 Å². The van der Waals surface area contributed by atoms with Gasteiger partial charge in [-0.15, -0.1) is 0 Å². The smallest absolute Gasteiger partial charge is 0.187 e. The number of hydrogen-bond acceptors (Lipinski definition) is 4. The molecule has 150 valence electrons. The minimum absolute atomic E-state index is 0.0123. The van der Waals surface area contributed by atoms with E-state index in [1.54, 1.807) is 0 Å². The maximum Gasteiger partial charge on any atom is 0.187 e. The maximum absolute atomic E-state index is 13.3. The highest BCUT2D eigenvalue weighted by Crippen LogP contribution is 2.37. The molecule has 0 spiro atoms. The van der Waals surface area contributed by atoms with E-state index < -0.39 is 0 Å². The van der Waals surface area contributed by atoms with E-state index in [4.69, 9.17) is 0 Å². The molecule has 28 heavy (non-hydrogen) atoms. The Hall–Kier alpha value is -2.07. The molecule has 0 amide bonds. The van der Waals surface area contributed by atoms with Crippen molar-refractivity contribution >= 4 is 5.78 Å². The molecule has 0 radical (unpaired) electrons. The molecule has 2 atom stereocenters. The van der Waals surface area contributed by atoms with E-state index >= 15 is 0 Å². The zero-order valence-electron chi connectivity index (χ0n) is 17.3. The summed E-state index contributed by atoms with van der Waals surface area (Å²) in [6, 6.07) is 9.17. The number of nitrogens with one attached hydrogen (secondary N) is 2. The molecule has 2 N–H and O–H groups in total. The molecule has 0 bridgehead atoms. The number of carbonyl (C=O) groups is 1. The van der Waals surface area contributed by atoms with Gasteiger partial charge in [0.2, 0.25) is 0 Å². The topological polar surface area (TPSA) is 44.4 Å². The quantitative estimate of drug-likeness (QED) is 0.746. The zero-order chi connectivity index (χ0) is 19.7. The second-order valence-electron chi connectivity index (χ2n) is 8.65. The van der Waals surface area contributed by atoms with Crippen molar-refractivity contribution in [2.45, 2.75) is 77.7 Å². The van der Waals surface area contributed by atoms with E-state index in [0.29, 0.717) is 6.04 Å². The van der Waals surface area contributed by atoms with Crippen molar-refractivity contribution in [2.24, 2.45) is 5.92 Å². The fourth-order valence-corrected chi connectivity index (χ4v) is 4.90. The highest BCUT2D eigenvalue weighted by molar-refractivity contribution is 6.00. The van der Waals surface area contributed by atoms with Crippen LogP contribution in [0.15, 0.2) is 47.8 Å². The Balaban J connectivity index is 1.61. The average Bonchev–Trinajstić information content (AvgIpc) is 3.01. The fraction of sp³-hybridized carbons (Fsp3) is 0.542. The second-order valence-corrected chi connectivity index (χ2v) is 8.65. The first kappa shape index (κ1) is 19.3. The lowest BCUT2D eigenvalue weighted by atomic mass is 9.83. The Kier molecular flexibility index (Phi) is 5.58. The monoisotopic (exact) mass is 379 g/mol. The van der Waals surface area contributed by atoms with Gasteiger partial charge in [0.05, 0.1) is 0 Å². The molecule has 1 saturated carbocycles. The predicted molar refractivity (Wildman–Crippen MR) is 113 cm³/mol. The van der Waals surface area contributed by atoms with Gasteiger partial charge in [-0.2, -0.15) is 0 Å². The van der Waals surface area contributed by atoms with E-state index in [1.165, 1.54) is 43.2 Å². The van der Waals surface area contributed by atoms with Gasteiger partial charge >= 0.3 is 0 Å². The van der Waals surface area contributed by atoms with Crippen LogP contribution in [-0.4, -0.2) is 23.0 Å². The van der Waals surface area contributed by atoms with Crippen LogP contribution in [0.5, 0.6) is 0 Å². The highest BCUT2D eigenvalue weighted by atomic mass is 16.1. The van der Waals surface area contributed by atoms with Crippen LogP contribution >= 0.6 is 0 Å². The molecule has 1 heterocycles. The van der Waals surface area contributed by atoms with Gasteiger partial charge in [0.1, 0.15) is 5.70 Å². The predicted octanol–water partition coefficient (Wildman–Crippen LogP) is 4.37. The van der Waals surface area contributed by atoms with Gasteiger partial charge in [-0.05, 0) is 31.7 Å². The molecule has 3 aliphatic rings. The van der Waals surface area contributed by atoms with Crippen molar-refractivity contribution in [3.8, 4) is 0 Å². The number of carbonyl (C=O) groups excluding carboxylic acids is 1. The number of aryl methyl sites for hydroxylation is 1. The summed E-state index contributed by atoms with van der Waals surface area (Å²) in [5, 5.41) is 7.46. The Labute approximate surface area is 169 Å². The average molecular weight is 380 g/mol. The van der Waals surface area contributed by atoms with Crippen molar-refractivity contribution < 1.29 is 4.79 Å². The Morgan fingerprint density at radius 1 is 1.18 bits per heavy atom. The van der Waals surface area contributed by atoms with Crippen molar-refractivity contribution in [2.75, 3.05) is 0 Å². The first-order valence-electron chi connectivity index (χ1n) is 10.9. The van der Waals surface area contributed by atoms with Crippen LogP contribution in [-0.2, 0) is 11.3 Å². The summed E-state index contributed by atoms with van der Waals surface area (Å²) in [6.07, 6.45) is 7.97. The van der Waals surface area contributed by atoms with Crippen molar-refractivity contribution in [3.05, 3.63) is 58.9 Å². The molecule has 2 aliphatic carbocycles. The number of allylic oxidation sites excluding steroid dienone is 2. The van der Waals surface area contributed by atoms with Gasteiger partial charge in [0.25, 0.3) is 0 Å². The SMILES string of the molecule is C=C1CC2=C(C(=O)C1CC)N(Cc1ccc(C)cc1)C(NC1CCCCC1)N2. The maximum atomic E-state index is 13.3. The zero-order valence-corrected chi connectivity index (χ0v) is 17.3. The van der Waals surface area contributed by atoms with E-state index in [9.17, 15) is 4.79 Å². The lowest BCUT2D eigenvalue weighted by Gasteiger charge is -2.34. The number of benzene rings is 1. The number of Topliss-reactive ketones (excluding diaryl/α,β-unsaturated/α-hetero) is 1. The molecular weight excluding hydrogens is 346 g/mol. The summed E-state index contributed by atoms with van der Waals surface area (Å²) in [7, 11) is 0. The van der Waals surface area contributed by atoms with Crippen molar-refractivity contribution in [1.29, 1.82) is 0 Å². The second kappa shape index (κ2) is 8.12. The van der Waals surface area contributed by atoms with Gasteiger partial charge in [0, 0.05) is 30.6 Å². The fourth-order valence-electron chi connectivity index (χ4n) is 4.90. The van der Waals surface area contributed by atoms with Crippen LogP contribution in [0, 0.1) is 12.8 Å². The Bertz CT molecular complexity index is 774. The van der Waals surface area contributed by atoms with E-state index in [1.807, 2.05) is 0 Å². The van der Waals surface area contributed by atoms with Crippen LogP contribution < -0.4 is 10.6 Å². The Morgan fingerprint density at radius 3 is 2.57 bits per heavy atom. The molecule has 1 aliphatic heterocycles. The lowest BCUT2D eigenvalue weighted by molar-refractivity contribution is -0.120. The Morgan fingerprint density at radius 2 is 1.89 bits per heavy atom. The molecule has 4 rings (SSSR count). The van der Waals surface area contributed by atoms with Gasteiger partial charge in [-0.1, -0.05) is 68.2 Å². The lowest BCUT2D eigenvalue weighted by Crippen LogP contribution is -2.53. The number of hydrogen-bond donors (Lipinski definition) is 2. The summed E-state index contributed by atoms with van der Waals surface area (Å²) in [5.74, 6) is 0.191. The summed E-state index contributed by atoms with van der Waals surface area (Å²) in [4.78, 5) is 15.6. The number of rotatable bonds is 5. The van der Waals surface area contributed by atoms with E-state index in [2.05, 4.69) is 60.2 Å². The summed E-state index contributed by atoms with van der Waals surface area (Å²) < 4.78 is 0. The van der Waals surface area contributed by atoms with Crippen LogP contribution in [0.25, 0.3) is 0 Å². The van der Waals surface area contributed by atoms with Crippen LogP contribution in [0.1, 0.15) is 63.0 Å². The van der Waals surface area contributed by atoms with Crippen LogP contribution in [0.4, 0.5) is 0 Å². The largest absolute Gasteiger partial charge is 0.354 e. The molecule has 1 aromatic rings. The molecule has 4 nitrogen and oxygen atoms in total. The summed E-state index contributed by atoms with van der Waals surface area (Å²) >= 11 is 0. The molecule has 4 heteroatoms. The molecule has 1 aromatic carbocycles. The van der Waals surface area contributed by atoms with E-state index in [0.717, 1.165) is 36.4 Å². The summed E-state index contributed by atoms with van der Waals surface area (Å²) in [6.45, 7) is 9.14. The molecule has 1 fully saturated rings. The number of nitrogens with zero attached hydrogens (tertiary/aromatic N) is 1.